The molecule has 1 aromatic heterocycles. The number of esters is 1. The van der Waals surface area contributed by atoms with Gasteiger partial charge in [-0.3, -0.25) is 4.79 Å². The van der Waals surface area contributed by atoms with Crippen molar-refractivity contribution in [3.8, 4) is 0 Å². The predicted octanol–water partition coefficient (Wildman–Crippen LogP) is 3.22. The summed E-state index contributed by atoms with van der Waals surface area (Å²) in [6.07, 6.45) is 0.559. The molecular formula is C16H19NO3S. The molecule has 4 nitrogen and oxygen atoms in total. The molecule has 0 aliphatic rings. The van der Waals surface area contributed by atoms with Gasteiger partial charge in [0.2, 0.25) is 0 Å². The van der Waals surface area contributed by atoms with E-state index in [-0.39, 0.29) is 11.8 Å². The summed E-state index contributed by atoms with van der Waals surface area (Å²) >= 11 is 1.42. The zero-order valence-electron chi connectivity index (χ0n) is 12.4. The van der Waals surface area contributed by atoms with Crippen molar-refractivity contribution in [3.05, 3.63) is 35.2 Å². The highest BCUT2D eigenvalue weighted by Crippen LogP contribution is 2.25. The van der Waals surface area contributed by atoms with Crippen LogP contribution in [0, 0.1) is 5.92 Å². The first-order chi connectivity index (χ1) is 10.0. The lowest BCUT2D eigenvalue weighted by Gasteiger charge is -2.17. The maximum atomic E-state index is 12.3. The fourth-order valence-electron chi connectivity index (χ4n) is 2.15. The van der Waals surface area contributed by atoms with Crippen molar-refractivity contribution in [1.29, 1.82) is 0 Å². The molecule has 1 aromatic carbocycles. The number of carbonyl (C=O) groups is 2. The van der Waals surface area contributed by atoms with Gasteiger partial charge in [0, 0.05) is 4.70 Å². The highest BCUT2D eigenvalue weighted by molar-refractivity contribution is 7.20. The number of thiophene rings is 1. The van der Waals surface area contributed by atoms with E-state index in [2.05, 4.69) is 5.32 Å². The molecule has 0 saturated heterocycles. The van der Waals surface area contributed by atoms with Crippen molar-refractivity contribution in [2.75, 3.05) is 7.11 Å². The first-order valence-electron chi connectivity index (χ1n) is 6.88. The van der Waals surface area contributed by atoms with Gasteiger partial charge in [-0.1, -0.05) is 32.0 Å². The number of hydrogen-bond acceptors (Lipinski definition) is 4. The average molecular weight is 305 g/mol. The van der Waals surface area contributed by atoms with E-state index in [0.717, 1.165) is 10.1 Å². The lowest BCUT2D eigenvalue weighted by molar-refractivity contribution is -0.143. The largest absolute Gasteiger partial charge is 0.467 e. The van der Waals surface area contributed by atoms with Crippen LogP contribution in [0.15, 0.2) is 30.3 Å². The van der Waals surface area contributed by atoms with Crippen LogP contribution in [0.4, 0.5) is 0 Å². The quantitative estimate of drug-likeness (QED) is 0.863. The Morgan fingerprint density at radius 2 is 2.00 bits per heavy atom. The fraction of sp³-hybridized carbons (Fsp3) is 0.375. The van der Waals surface area contributed by atoms with Crippen LogP contribution in [-0.4, -0.2) is 25.0 Å². The van der Waals surface area contributed by atoms with Gasteiger partial charge in [-0.15, -0.1) is 11.3 Å². The smallest absolute Gasteiger partial charge is 0.328 e. The third kappa shape index (κ3) is 3.82. The molecule has 1 unspecified atom stereocenters. The van der Waals surface area contributed by atoms with Crippen LogP contribution < -0.4 is 5.32 Å². The van der Waals surface area contributed by atoms with Crippen LogP contribution in [-0.2, 0) is 9.53 Å². The third-order valence-corrected chi connectivity index (χ3v) is 4.26. The van der Waals surface area contributed by atoms with E-state index in [0.29, 0.717) is 11.3 Å². The van der Waals surface area contributed by atoms with E-state index in [4.69, 9.17) is 4.74 Å². The molecular weight excluding hydrogens is 286 g/mol. The second kappa shape index (κ2) is 6.72. The number of methoxy groups -OCH3 is 1. The van der Waals surface area contributed by atoms with Gasteiger partial charge < -0.3 is 10.1 Å². The summed E-state index contributed by atoms with van der Waals surface area (Å²) in [5, 5.41) is 3.81. The van der Waals surface area contributed by atoms with Gasteiger partial charge in [0.05, 0.1) is 12.0 Å². The van der Waals surface area contributed by atoms with Crippen molar-refractivity contribution in [2.24, 2.45) is 5.92 Å². The van der Waals surface area contributed by atoms with Gasteiger partial charge in [0.1, 0.15) is 6.04 Å². The van der Waals surface area contributed by atoms with Crippen LogP contribution >= 0.6 is 11.3 Å². The molecule has 1 heterocycles. The van der Waals surface area contributed by atoms with Crippen LogP contribution in [0.5, 0.6) is 0 Å². The summed E-state index contributed by atoms with van der Waals surface area (Å²) in [6.45, 7) is 4.00. The molecule has 2 rings (SSSR count). The van der Waals surface area contributed by atoms with Crippen LogP contribution in [0.2, 0.25) is 0 Å². The molecule has 21 heavy (non-hydrogen) atoms. The van der Waals surface area contributed by atoms with Gasteiger partial charge in [-0.25, -0.2) is 4.79 Å². The summed E-state index contributed by atoms with van der Waals surface area (Å²) in [5.74, 6) is -0.345. The molecule has 0 aliphatic carbocycles. The standard InChI is InChI=1S/C16H19NO3S/c1-10(2)8-12(16(19)20-3)17-15(18)14-9-11-6-4-5-7-13(11)21-14/h4-7,9-10,12H,8H2,1-3H3,(H,17,18). The van der Waals surface area contributed by atoms with Gasteiger partial charge >= 0.3 is 5.97 Å². The molecule has 0 bridgehead atoms. The Balaban J connectivity index is 2.15. The number of nitrogens with one attached hydrogen (secondary N) is 1. The third-order valence-electron chi connectivity index (χ3n) is 3.15. The molecule has 1 amide bonds. The molecule has 0 saturated carbocycles. The number of carbonyl (C=O) groups excluding carboxylic acids is 2. The second-order valence-corrected chi connectivity index (χ2v) is 6.41. The Labute approximate surface area is 128 Å². The van der Waals surface area contributed by atoms with Gasteiger partial charge in [0.15, 0.2) is 0 Å². The van der Waals surface area contributed by atoms with E-state index in [1.807, 2.05) is 44.2 Å². The van der Waals surface area contributed by atoms with Crippen LogP contribution in [0.3, 0.4) is 0 Å². The Morgan fingerprint density at radius 1 is 1.29 bits per heavy atom. The lowest BCUT2D eigenvalue weighted by atomic mass is 10.0. The van der Waals surface area contributed by atoms with E-state index in [1.165, 1.54) is 18.4 Å². The highest BCUT2D eigenvalue weighted by Gasteiger charge is 2.23. The first kappa shape index (κ1) is 15.5. The minimum absolute atomic E-state index is 0.229. The SMILES string of the molecule is COC(=O)C(CC(C)C)NC(=O)c1cc2ccccc2s1. The number of hydrogen-bond donors (Lipinski definition) is 1. The summed E-state index contributed by atoms with van der Waals surface area (Å²) in [5.41, 5.74) is 0. The van der Waals surface area contributed by atoms with E-state index in [9.17, 15) is 9.59 Å². The fourth-order valence-corrected chi connectivity index (χ4v) is 3.12. The summed E-state index contributed by atoms with van der Waals surface area (Å²) in [7, 11) is 1.33. The van der Waals surface area contributed by atoms with Gasteiger partial charge in [-0.2, -0.15) is 0 Å². The summed E-state index contributed by atoms with van der Waals surface area (Å²) in [4.78, 5) is 24.7. The summed E-state index contributed by atoms with van der Waals surface area (Å²) < 4.78 is 5.82. The number of rotatable bonds is 5. The monoisotopic (exact) mass is 305 g/mol. The number of ether oxygens (including phenoxy) is 1. The number of amides is 1. The van der Waals surface area contributed by atoms with Crippen molar-refractivity contribution in [2.45, 2.75) is 26.3 Å². The van der Waals surface area contributed by atoms with E-state index in [1.54, 1.807) is 0 Å². The van der Waals surface area contributed by atoms with Crippen molar-refractivity contribution in [1.82, 2.24) is 5.32 Å². The zero-order chi connectivity index (χ0) is 15.4. The molecule has 0 radical (unpaired) electrons. The van der Waals surface area contributed by atoms with Crippen LogP contribution in [0.1, 0.15) is 29.9 Å². The van der Waals surface area contributed by atoms with Crippen molar-refractivity contribution in [3.63, 3.8) is 0 Å². The Hall–Kier alpha value is -1.88. The lowest BCUT2D eigenvalue weighted by Crippen LogP contribution is -2.42. The van der Waals surface area contributed by atoms with E-state index < -0.39 is 12.0 Å². The molecule has 1 atom stereocenters. The molecule has 0 spiro atoms. The topological polar surface area (TPSA) is 55.4 Å². The normalized spacial score (nSPS) is 12.4. The molecule has 112 valence electrons. The minimum Gasteiger partial charge on any atom is -0.467 e. The predicted molar refractivity (Wildman–Crippen MR) is 84.6 cm³/mol. The molecule has 5 heteroatoms. The Morgan fingerprint density at radius 3 is 2.62 bits per heavy atom. The minimum atomic E-state index is -0.604. The maximum Gasteiger partial charge on any atom is 0.328 e. The van der Waals surface area contributed by atoms with Crippen molar-refractivity contribution >= 4 is 33.3 Å². The molecule has 0 aliphatic heterocycles. The molecule has 1 N–H and O–H groups in total. The average Bonchev–Trinajstić information content (AvgIpc) is 2.89. The molecule has 0 fully saturated rings. The Bertz CT molecular complexity index is 615. The first-order valence-corrected chi connectivity index (χ1v) is 7.70. The van der Waals surface area contributed by atoms with Crippen molar-refractivity contribution < 1.29 is 14.3 Å². The van der Waals surface area contributed by atoms with Crippen LogP contribution in [0.25, 0.3) is 10.1 Å². The maximum absolute atomic E-state index is 12.3. The highest BCUT2D eigenvalue weighted by atomic mass is 32.1. The van der Waals surface area contributed by atoms with Gasteiger partial charge in [0.25, 0.3) is 5.91 Å². The molecule has 2 aromatic rings. The number of benzene rings is 1. The van der Waals surface area contributed by atoms with Gasteiger partial charge in [-0.05, 0) is 29.9 Å². The second-order valence-electron chi connectivity index (χ2n) is 5.33. The summed E-state index contributed by atoms with van der Waals surface area (Å²) in [6, 6.07) is 9.06. The van der Waals surface area contributed by atoms with E-state index >= 15 is 0 Å². The zero-order valence-corrected chi connectivity index (χ0v) is 13.2. The number of fused-ring (bicyclic) bond motifs is 1. The Kier molecular flexibility index (Phi) is 4.96.